The van der Waals surface area contributed by atoms with E-state index in [1.165, 1.54) is 24.8 Å². The molecule has 3 aliphatic rings. The first-order valence-corrected chi connectivity index (χ1v) is 13.6. The van der Waals surface area contributed by atoms with E-state index in [0.29, 0.717) is 18.2 Å². The number of aliphatic imine (C=N–C) groups is 1. The zero-order valence-electron chi connectivity index (χ0n) is 23.0. The smallest absolute Gasteiger partial charge is 0.321 e. The van der Waals surface area contributed by atoms with Crippen LogP contribution in [0.5, 0.6) is 0 Å². The van der Waals surface area contributed by atoms with E-state index in [0.717, 1.165) is 37.8 Å². The van der Waals surface area contributed by atoms with Gasteiger partial charge >= 0.3 is 6.03 Å². The van der Waals surface area contributed by atoms with Crippen LogP contribution in [0, 0.1) is 5.92 Å². The summed E-state index contributed by atoms with van der Waals surface area (Å²) in [6, 6.07) is 10.8. The zero-order valence-corrected chi connectivity index (χ0v) is 23.0. The Bertz CT molecular complexity index is 1050. The van der Waals surface area contributed by atoms with Gasteiger partial charge in [-0.2, -0.15) is 0 Å². The fraction of sp³-hybridized carbons (Fsp3) is 0.567. The van der Waals surface area contributed by atoms with E-state index in [1.807, 2.05) is 19.9 Å². The van der Waals surface area contributed by atoms with E-state index >= 15 is 0 Å². The normalized spacial score (nSPS) is 27.1. The monoisotopic (exact) mass is 505 g/mol. The second-order valence-electron chi connectivity index (χ2n) is 11.3. The molecule has 200 valence electrons. The van der Waals surface area contributed by atoms with E-state index in [1.54, 1.807) is 11.1 Å². The lowest BCUT2D eigenvalue weighted by atomic mass is 9.68. The standard InChI is InChI=1S/C30H43N5O2/c1-6-26(23(2)19-31-3)32-27(36)21-34-22-29(35(28(34)37)20-24-11-10-12-24)15-17-30(18-16-29,33(4)5)25-13-8-7-9-14-25/h6-9,13-14,19,24H,3,10-12,15-18,20-22H2,1-2,4-5H3,(H,32,36)/b23-19-,26-6+/t29-,30+. The largest absolute Gasteiger partial charge is 0.325 e. The number of nitrogens with one attached hydrogen (secondary N) is 1. The molecule has 0 aromatic heterocycles. The number of benzene rings is 1. The van der Waals surface area contributed by atoms with Crippen LogP contribution in [0.25, 0.3) is 0 Å². The van der Waals surface area contributed by atoms with Gasteiger partial charge in [-0.3, -0.25) is 14.7 Å². The number of urea groups is 1. The third kappa shape index (κ3) is 5.37. The summed E-state index contributed by atoms with van der Waals surface area (Å²) in [6.45, 7) is 8.73. The minimum Gasteiger partial charge on any atom is -0.325 e. The molecular weight excluding hydrogens is 462 g/mol. The quantitative estimate of drug-likeness (QED) is 0.383. The first-order chi connectivity index (χ1) is 17.7. The Kier molecular flexibility index (Phi) is 8.22. The van der Waals surface area contributed by atoms with Gasteiger partial charge < -0.3 is 15.1 Å². The molecule has 3 fully saturated rings. The fourth-order valence-electron chi connectivity index (χ4n) is 6.48. The summed E-state index contributed by atoms with van der Waals surface area (Å²) in [5.41, 5.74) is 2.62. The topological polar surface area (TPSA) is 68.2 Å². The van der Waals surface area contributed by atoms with Gasteiger partial charge in [0.1, 0.15) is 6.54 Å². The molecule has 3 amide bonds. The molecule has 37 heavy (non-hydrogen) atoms. The Balaban J connectivity index is 1.52. The van der Waals surface area contributed by atoms with Crippen molar-refractivity contribution in [3.63, 3.8) is 0 Å². The maximum absolute atomic E-state index is 13.8. The molecule has 2 saturated carbocycles. The average Bonchev–Trinajstić information content (AvgIpc) is 3.10. The number of allylic oxidation sites excluding steroid dienone is 2. The Hall–Kier alpha value is -2.93. The van der Waals surface area contributed by atoms with Gasteiger partial charge in [0.2, 0.25) is 5.91 Å². The number of nitrogens with zero attached hydrogens (tertiary/aromatic N) is 4. The van der Waals surface area contributed by atoms with Crippen molar-refractivity contribution in [2.75, 3.05) is 33.7 Å². The summed E-state index contributed by atoms with van der Waals surface area (Å²) in [4.78, 5) is 36.9. The molecule has 0 atom stereocenters. The lowest BCUT2D eigenvalue weighted by molar-refractivity contribution is -0.120. The minimum atomic E-state index is -0.215. The van der Waals surface area contributed by atoms with Crippen LogP contribution in [0.3, 0.4) is 0 Å². The highest BCUT2D eigenvalue weighted by Crippen LogP contribution is 2.49. The third-order valence-electron chi connectivity index (χ3n) is 9.01. The van der Waals surface area contributed by atoms with Gasteiger partial charge in [0.05, 0.1) is 5.54 Å². The van der Waals surface area contributed by atoms with Gasteiger partial charge in [-0.25, -0.2) is 4.79 Å². The maximum atomic E-state index is 13.8. The zero-order chi connectivity index (χ0) is 26.6. The number of carbonyl (C=O) groups excluding carboxylic acids is 2. The van der Waals surface area contributed by atoms with Crippen molar-refractivity contribution in [1.29, 1.82) is 0 Å². The van der Waals surface area contributed by atoms with E-state index in [-0.39, 0.29) is 29.6 Å². The first-order valence-electron chi connectivity index (χ1n) is 13.6. The number of hydrogen-bond acceptors (Lipinski definition) is 4. The Morgan fingerprint density at radius 3 is 2.41 bits per heavy atom. The predicted molar refractivity (Wildman–Crippen MR) is 149 cm³/mol. The molecule has 1 spiro atoms. The van der Waals surface area contributed by atoms with E-state index < -0.39 is 0 Å². The summed E-state index contributed by atoms with van der Waals surface area (Å²) < 4.78 is 0. The lowest BCUT2D eigenvalue weighted by Gasteiger charge is -2.51. The molecule has 0 bridgehead atoms. The summed E-state index contributed by atoms with van der Waals surface area (Å²) in [5, 5.41) is 2.96. The van der Waals surface area contributed by atoms with Crippen molar-refractivity contribution in [3.05, 3.63) is 59.4 Å². The summed E-state index contributed by atoms with van der Waals surface area (Å²) in [7, 11) is 4.34. The molecule has 1 heterocycles. The molecule has 0 unspecified atom stereocenters. The number of carbonyl (C=O) groups is 2. The van der Waals surface area contributed by atoms with Crippen LogP contribution in [0.4, 0.5) is 4.79 Å². The average molecular weight is 506 g/mol. The number of hydrogen-bond donors (Lipinski definition) is 1. The molecule has 4 rings (SSSR count). The van der Waals surface area contributed by atoms with Gasteiger partial charge in [0.15, 0.2) is 0 Å². The highest BCUT2D eigenvalue weighted by atomic mass is 16.2. The third-order valence-corrected chi connectivity index (χ3v) is 9.01. The maximum Gasteiger partial charge on any atom is 0.321 e. The van der Waals surface area contributed by atoms with E-state index in [4.69, 9.17) is 0 Å². The fourth-order valence-corrected chi connectivity index (χ4v) is 6.48. The van der Waals surface area contributed by atoms with Crippen molar-refractivity contribution >= 4 is 18.7 Å². The summed E-state index contributed by atoms with van der Waals surface area (Å²) in [6.07, 6.45) is 10.9. The van der Waals surface area contributed by atoms with Crippen molar-refractivity contribution in [1.82, 2.24) is 20.0 Å². The van der Waals surface area contributed by atoms with Crippen LogP contribution in [-0.2, 0) is 10.3 Å². The van der Waals surface area contributed by atoms with Crippen molar-refractivity contribution in [2.45, 2.75) is 69.9 Å². The molecule has 1 aliphatic heterocycles. The SMILES string of the molecule is C=N/C=C(C)\C(=C/C)NC(=O)CN1C[C@]2(CC[C@](c3ccccc3)(N(C)C)CC2)N(CC2CCC2)C1=O. The summed E-state index contributed by atoms with van der Waals surface area (Å²) >= 11 is 0. The highest BCUT2D eigenvalue weighted by Gasteiger charge is 2.55. The van der Waals surface area contributed by atoms with Crippen LogP contribution >= 0.6 is 0 Å². The van der Waals surface area contributed by atoms with Gasteiger partial charge in [-0.15, -0.1) is 0 Å². The van der Waals surface area contributed by atoms with E-state index in [9.17, 15) is 9.59 Å². The predicted octanol–water partition coefficient (Wildman–Crippen LogP) is 4.92. The Morgan fingerprint density at radius 2 is 1.86 bits per heavy atom. The van der Waals surface area contributed by atoms with Crippen molar-refractivity contribution < 1.29 is 9.59 Å². The minimum absolute atomic E-state index is 0.0150. The van der Waals surface area contributed by atoms with Crippen LogP contribution in [0.2, 0.25) is 0 Å². The van der Waals surface area contributed by atoms with Crippen LogP contribution < -0.4 is 5.32 Å². The van der Waals surface area contributed by atoms with Gasteiger partial charge in [-0.1, -0.05) is 42.8 Å². The molecule has 7 nitrogen and oxygen atoms in total. The van der Waals surface area contributed by atoms with Crippen LogP contribution in [-0.4, -0.2) is 72.6 Å². The van der Waals surface area contributed by atoms with Crippen LogP contribution in [0.1, 0.15) is 64.4 Å². The second-order valence-corrected chi connectivity index (χ2v) is 11.3. The molecule has 7 heteroatoms. The second kappa shape index (κ2) is 11.2. The molecular formula is C30H43N5O2. The molecule has 2 aliphatic carbocycles. The van der Waals surface area contributed by atoms with Crippen LogP contribution in [0.15, 0.2) is 58.9 Å². The Labute approximate surface area is 222 Å². The van der Waals surface area contributed by atoms with Crippen molar-refractivity contribution in [2.24, 2.45) is 10.9 Å². The number of rotatable bonds is 9. The van der Waals surface area contributed by atoms with Gasteiger partial charge in [0.25, 0.3) is 0 Å². The lowest BCUT2D eigenvalue weighted by Crippen LogP contribution is -2.56. The molecule has 1 N–H and O–H groups in total. The molecule has 0 radical (unpaired) electrons. The molecule has 1 aromatic carbocycles. The molecule has 1 aromatic rings. The first kappa shape index (κ1) is 27.1. The van der Waals surface area contributed by atoms with E-state index in [2.05, 4.69) is 71.3 Å². The van der Waals surface area contributed by atoms with Crippen molar-refractivity contribution in [3.8, 4) is 0 Å². The number of amides is 3. The Morgan fingerprint density at radius 1 is 1.19 bits per heavy atom. The highest BCUT2D eigenvalue weighted by molar-refractivity contribution is 5.87. The summed E-state index contributed by atoms with van der Waals surface area (Å²) in [5.74, 6) is 0.403. The van der Waals surface area contributed by atoms with Gasteiger partial charge in [0, 0.05) is 30.5 Å². The van der Waals surface area contributed by atoms with Gasteiger partial charge in [-0.05, 0) is 90.2 Å². The molecule has 1 saturated heterocycles.